The lowest BCUT2D eigenvalue weighted by Gasteiger charge is -2.15. The zero-order valence-corrected chi connectivity index (χ0v) is 12.1. The molecule has 20 heavy (non-hydrogen) atoms. The topological polar surface area (TPSA) is 35.2 Å². The van der Waals surface area contributed by atoms with Crippen molar-refractivity contribution in [3.05, 3.63) is 64.2 Å². The molecule has 2 nitrogen and oxygen atoms in total. The quantitative estimate of drug-likeness (QED) is 0.924. The highest BCUT2D eigenvalue weighted by Crippen LogP contribution is 2.29. The van der Waals surface area contributed by atoms with E-state index in [2.05, 4.69) is 50.2 Å². The lowest BCUT2D eigenvalue weighted by molar-refractivity contribution is 0.357. The molecular formula is C18H21NO. The SMILES string of the molecule is Cc1ccc(C)c(CC(N)c2ccc3c(c2)CCO3)c1. The summed E-state index contributed by atoms with van der Waals surface area (Å²) in [6.07, 6.45) is 1.88. The Kier molecular flexibility index (Phi) is 3.49. The molecule has 0 fully saturated rings. The van der Waals surface area contributed by atoms with E-state index in [0.29, 0.717) is 0 Å². The molecule has 2 aromatic carbocycles. The highest BCUT2D eigenvalue weighted by Gasteiger charge is 2.15. The number of hydrogen-bond acceptors (Lipinski definition) is 2. The average molecular weight is 267 g/mol. The van der Waals surface area contributed by atoms with Crippen LogP contribution in [0.2, 0.25) is 0 Å². The summed E-state index contributed by atoms with van der Waals surface area (Å²) in [7, 11) is 0. The van der Waals surface area contributed by atoms with Crippen LogP contribution in [-0.2, 0) is 12.8 Å². The Morgan fingerprint density at radius 2 is 2.00 bits per heavy atom. The zero-order chi connectivity index (χ0) is 14.1. The van der Waals surface area contributed by atoms with E-state index in [0.717, 1.165) is 25.2 Å². The molecule has 2 N–H and O–H groups in total. The molecule has 1 unspecified atom stereocenters. The largest absolute Gasteiger partial charge is 0.493 e. The number of nitrogens with two attached hydrogens (primary N) is 1. The molecule has 0 saturated heterocycles. The van der Waals surface area contributed by atoms with Gasteiger partial charge in [-0.2, -0.15) is 0 Å². The van der Waals surface area contributed by atoms with E-state index in [1.54, 1.807) is 0 Å². The average Bonchev–Trinajstić information content (AvgIpc) is 2.90. The van der Waals surface area contributed by atoms with Crippen LogP contribution in [0.4, 0.5) is 0 Å². The number of aryl methyl sites for hydroxylation is 2. The van der Waals surface area contributed by atoms with Crippen LogP contribution < -0.4 is 10.5 Å². The minimum atomic E-state index is 0.0430. The Bertz CT molecular complexity index is 633. The molecule has 3 rings (SSSR count). The molecule has 0 radical (unpaired) electrons. The van der Waals surface area contributed by atoms with Crippen molar-refractivity contribution in [3.8, 4) is 5.75 Å². The Morgan fingerprint density at radius 1 is 1.15 bits per heavy atom. The van der Waals surface area contributed by atoms with Crippen LogP contribution >= 0.6 is 0 Å². The van der Waals surface area contributed by atoms with E-state index in [4.69, 9.17) is 10.5 Å². The summed E-state index contributed by atoms with van der Waals surface area (Å²) in [6, 6.07) is 13.0. The van der Waals surface area contributed by atoms with Crippen molar-refractivity contribution < 1.29 is 4.74 Å². The summed E-state index contributed by atoms with van der Waals surface area (Å²) in [6.45, 7) is 5.07. The van der Waals surface area contributed by atoms with Crippen LogP contribution in [0, 0.1) is 13.8 Å². The fourth-order valence-electron chi connectivity index (χ4n) is 2.81. The number of benzene rings is 2. The maximum absolute atomic E-state index is 6.40. The second-order valence-corrected chi connectivity index (χ2v) is 5.71. The molecule has 0 spiro atoms. The predicted octanol–water partition coefficient (Wildman–Crippen LogP) is 3.48. The van der Waals surface area contributed by atoms with Crippen LogP contribution in [0.1, 0.15) is 33.9 Å². The van der Waals surface area contributed by atoms with E-state index in [1.807, 2.05) is 0 Å². The summed E-state index contributed by atoms with van der Waals surface area (Å²) in [5, 5.41) is 0. The van der Waals surface area contributed by atoms with Gasteiger partial charge in [-0.05, 0) is 48.6 Å². The smallest absolute Gasteiger partial charge is 0.122 e. The predicted molar refractivity (Wildman–Crippen MR) is 82.2 cm³/mol. The highest BCUT2D eigenvalue weighted by molar-refractivity contribution is 5.41. The second-order valence-electron chi connectivity index (χ2n) is 5.71. The van der Waals surface area contributed by atoms with Gasteiger partial charge in [-0.25, -0.2) is 0 Å². The molecule has 0 aliphatic carbocycles. The number of rotatable bonds is 3. The summed E-state index contributed by atoms with van der Waals surface area (Å²) >= 11 is 0. The van der Waals surface area contributed by atoms with E-state index >= 15 is 0 Å². The Labute approximate surface area is 120 Å². The van der Waals surface area contributed by atoms with E-state index in [-0.39, 0.29) is 6.04 Å². The van der Waals surface area contributed by atoms with Gasteiger partial charge in [-0.1, -0.05) is 35.9 Å². The van der Waals surface area contributed by atoms with Gasteiger partial charge < -0.3 is 10.5 Å². The molecule has 0 bridgehead atoms. The van der Waals surface area contributed by atoms with E-state index in [9.17, 15) is 0 Å². The first-order valence-electron chi connectivity index (χ1n) is 7.21. The summed E-state index contributed by atoms with van der Waals surface area (Å²) in [5.41, 5.74) is 12.8. The van der Waals surface area contributed by atoms with Crippen molar-refractivity contribution in [1.82, 2.24) is 0 Å². The number of hydrogen-bond donors (Lipinski definition) is 1. The summed E-state index contributed by atoms with van der Waals surface area (Å²) < 4.78 is 5.55. The molecule has 0 saturated carbocycles. The maximum atomic E-state index is 6.40. The number of fused-ring (bicyclic) bond motifs is 1. The van der Waals surface area contributed by atoms with Crippen molar-refractivity contribution in [2.24, 2.45) is 5.73 Å². The molecule has 2 aromatic rings. The molecule has 0 aromatic heterocycles. The first-order chi connectivity index (χ1) is 9.63. The fourth-order valence-corrected chi connectivity index (χ4v) is 2.81. The van der Waals surface area contributed by atoms with Gasteiger partial charge in [0, 0.05) is 12.5 Å². The Balaban J connectivity index is 1.82. The van der Waals surface area contributed by atoms with E-state index in [1.165, 1.54) is 27.8 Å². The molecule has 104 valence electrons. The van der Waals surface area contributed by atoms with Crippen LogP contribution in [0.25, 0.3) is 0 Å². The molecule has 1 atom stereocenters. The van der Waals surface area contributed by atoms with Crippen LogP contribution in [-0.4, -0.2) is 6.61 Å². The zero-order valence-electron chi connectivity index (χ0n) is 12.1. The summed E-state index contributed by atoms with van der Waals surface area (Å²) in [4.78, 5) is 0. The lowest BCUT2D eigenvalue weighted by atomic mass is 9.94. The van der Waals surface area contributed by atoms with E-state index < -0.39 is 0 Å². The van der Waals surface area contributed by atoms with Crippen molar-refractivity contribution in [2.45, 2.75) is 32.7 Å². The third-order valence-electron chi connectivity index (χ3n) is 4.09. The fraction of sp³-hybridized carbons (Fsp3) is 0.333. The maximum Gasteiger partial charge on any atom is 0.122 e. The Morgan fingerprint density at radius 3 is 2.85 bits per heavy atom. The standard InChI is InChI=1S/C18H21NO/c1-12-3-4-13(2)16(9-12)11-17(19)14-5-6-18-15(10-14)7-8-20-18/h3-6,9-10,17H,7-8,11,19H2,1-2H3. The van der Waals surface area contributed by atoms with Gasteiger partial charge in [0.1, 0.15) is 5.75 Å². The van der Waals surface area contributed by atoms with Crippen LogP contribution in [0.15, 0.2) is 36.4 Å². The van der Waals surface area contributed by atoms with Crippen molar-refractivity contribution in [2.75, 3.05) is 6.61 Å². The first kappa shape index (κ1) is 13.2. The monoisotopic (exact) mass is 267 g/mol. The van der Waals surface area contributed by atoms with Gasteiger partial charge in [0.05, 0.1) is 6.61 Å². The normalized spacial score (nSPS) is 14.8. The number of ether oxygens (including phenoxy) is 1. The van der Waals surface area contributed by atoms with Crippen molar-refractivity contribution >= 4 is 0 Å². The van der Waals surface area contributed by atoms with Gasteiger partial charge in [0.2, 0.25) is 0 Å². The highest BCUT2D eigenvalue weighted by atomic mass is 16.5. The van der Waals surface area contributed by atoms with Gasteiger partial charge in [-0.3, -0.25) is 0 Å². The second kappa shape index (κ2) is 5.29. The third kappa shape index (κ3) is 2.56. The minimum Gasteiger partial charge on any atom is -0.493 e. The Hall–Kier alpha value is -1.80. The summed E-state index contributed by atoms with van der Waals surface area (Å²) in [5.74, 6) is 1.02. The molecule has 2 heteroatoms. The molecule has 1 heterocycles. The molecule has 0 amide bonds. The minimum absolute atomic E-state index is 0.0430. The van der Waals surface area contributed by atoms with Gasteiger partial charge in [0.15, 0.2) is 0 Å². The van der Waals surface area contributed by atoms with Crippen molar-refractivity contribution in [3.63, 3.8) is 0 Å². The van der Waals surface area contributed by atoms with Crippen LogP contribution in [0.5, 0.6) is 5.75 Å². The van der Waals surface area contributed by atoms with Gasteiger partial charge in [-0.15, -0.1) is 0 Å². The van der Waals surface area contributed by atoms with Gasteiger partial charge >= 0.3 is 0 Å². The molecular weight excluding hydrogens is 246 g/mol. The lowest BCUT2D eigenvalue weighted by Crippen LogP contribution is -2.14. The molecule has 1 aliphatic heterocycles. The first-order valence-corrected chi connectivity index (χ1v) is 7.21. The van der Waals surface area contributed by atoms with Crippen molar-refractivity contribution in [1.29, 1.82) is 0 Å². The third-order valence-corrected chi connectivity index (χ3v) is 4.09. The van der Waals surface area contributed by atoms with Crippen LogP contribution in [0.3, 0.4) is 0 Å². The van der Waals surface area contributed by atoms with Gasteiger partial charge in [0.25, 0.3) is 0 Å². The molecule has 1 aliphatic rings.